The predicted octanol–water partition coefficient (Wildman–Crippen LogP) is 3.91. The number of aromatic nitrogens is 1. The van der Waals surface area contributed by atoms with Gasteiger partial charge in [-0.25, -0.2) is 13.2 Å². The number of sulfonamides is 1. The standard InChI is InChI=1S/C22H20Cl2N4O5S/c23-15-10-16(24)12-19(11-15)34(32,33)28(13-21(29)30)18-1-2-20-14(9-18)5-8-27(20)22(31)26-17-3-6-25-7-4-17/h1-4,6-7,9-11,19H,5,8,12-13H2,(H,29,30)(H,25,26,31). The molecule has 2 aliphatic rings. The number of benzene rings is 1. The van der Waals surface area contributed by atoms with Crippen molar-refractivity contribution in [2.24, 2.45) is 0 Å². The predicted molar refractivity (Wildman–Crippen MR) is 131 cm³/mol. The smallest absolute Gasteiger partial charge is 0.326 e. The first-order valence-electron chi connectivity index (χ1n) is 10.2. The maximum absolute atomic E-state index is 13.4. The summed E-state index contributed by atoms with van der Waals surface area (Å²) in [4.78, 5) is 29.7. The second kappa shape index (κ2) is 9.65. The van der Waals surface area contributed by atoms with Gasteiger partial charge >= 0.3 is 12.0 Å². The number of aliphatic carboxylic acids is 1. The molecule has 2 aromatic rings. The minimum Gasteiger partial charge on any atom is -0.480 e. The van der Waals surface area contributed by atoms with Gasteiger partial charge in [0.2, 0.25) is 10.0 Å². The van der Waals surface area contributed by atoms with Gasteiger partial charge in [0.25, 0.3) is 0 Å². The van der Waals surface area contributed by atoms with Crippen LogP contribution in [0.25, 0.3) is 0 Å². The van der Waals surface area contributed by atoms with E-state index in [0.29, 0.717) is 24.3 Å². The van der Waals surface area contributed by atoms with E-state index in [-0.39, 0.29) is 28.2 Å². The first kappa shape index (κ1) is 24.1. The molecule has 2 heterocycles. The summed E-state index contributed by atoms with van der Waals surface area (Å²) < 4.78 is 27.6. The number of carbonyl (C=O) groups is 2. The van der Waals surface area contributed by atoms with Crippen LogP contribution in [-0.4, -0.2) is 48.8 Å². The zero-order chi connectivity index (χ0) is 24.5. The Labute approximate surface area is 206 Å². The van der Waals surface area contributed by atoms with E-state index in [9.17, 15) is 23.1 Å². The van der Waals surface area contributed by atoms with Gasteiger partial charge in [-0.1, -0.05) is 23.2 Å². The largest absolute Gasteiger partial charge is 0.480 e. The van der Waals surface area contributed by atoms with E-state index in [1.807, 2.05) is 0 Å². The molecule has 34 heavy (non-hydrogen) atoms. The Kier molecular flexibility index (Phi) is 6.83. The molecule has 2 N–H and O–H groups in total. The Morgan fingerprint density at radius 2 is 1.94 bits per heavy atom. The Bertz CT molecular complexity index is 1300. The van der Waals surface area contributed by atoms with Crippen LogP contribution in [0, 0.1) is 0 Å². The number of amides is 2. The Hall–Kier alpha value is -3.08. The van der Waals surface area contributed by atoms with Crippen LogP contribution in [-0.2, 0) is 21.2 Å². The van der Waals surface area contributed by atoms with Crippen molar-refractivity contribution >= 4 is 62.3 Å². The fourth-order valence-corrected chi connectivity index (χ4v) is 6.39. The van der Waals surface area contributed by atoms with E-state index < -0.39 is 27.8 Å². The van der Waals surface area contributed by atoms with Crippen LogP contribution >= 0.6 is 23.2 Å². The number of carbonyl (C=O) groups excluding carboxylic acids is 1. The minimum absolute atomic E-state index is 0.00980. The van der Waals surface area contributed by atoms with Crippen LogP contribution in [0.4, 0.5) is 21.9 Å². The summed E-state index contributed by atoms with van der Waals surface area (Å²) in [6, 6.07) is 7.70. The minimum atomic E-state index is -4.16. The number of nitrogens with zero attached hydrogens (tertiary/aromatic N) is 3. The summed E-state index contributed by atoms with van der Waals surface area (Å²) in [6.07, 6.45) is 6.40. The highest BCUT2D eigenvalue weighted by atomic mass is 35.5. The monoisotopic (exact) mass is 522 g/mol. The van der Waals surface area contributed by atoms with E-state index >= 15 is 0 Å². The molecule has 178 valence electrons. The van der Waals surface area contributed by atoms with Crippen molar-refractivity contribution in [2.45, 2.75) is 18.1 Å². The lowest BCUT2D eigenvalue weighted by atomic mass is 10.1. The lowest BCUT2D eigenvalue weighted by molar-refractivity contribution is -0.135. The van der Waals surface area contributed by atoms with Gasteiger partial charge in [0, 0.05) is 46.8 Å². The topological polar surface area (TPSA) is 120 Å². The summed E-state index contributed by atoms with van der Waals surface area (Å²) >= 11 is 12.0. The number of carboxylic acid groups (broad SMARTS) is 1. The molecular formula is C22H20Cl2N4O5S. The zero-order valence-electron chi connectivity index (χ0n) is 17.7. The van der Waals surface area contributed by atoms with Crippen molar-refractivity contribution in [3.05, 3.63) is 70.5 Å². The highest BCUT2D eigenvalue weighted by Crippen LogP contribution is 2.35. The molecular weight excluding hydrogens is 503 g/mol. The fraction of sp³-hybridized carbons (Fsp3) is 0.227. The Balaban J connectivity index is 1.62. The van der Waals surface area contributed by atoms with Crippen molar-refractivity contribution in [3.63, 3.8) is 0 Å². The van der Waals surface area contributed by atoms with Gasteiger partial charge in [-0.2, -0.15) is 0 Å². The molecule has 4 rings (SSSR count). The van der Waals surface area contributed by atoms with E-state index in [4.69, 9.17) is 23.2 Å². The molecule has 1 aromatic heterocycles. The first-order valence-corrected chi connectivity index (χ1v) is 12.5. The zero-order valence-corrected chi connectivity index (χ0v) is 20.0. The van der Waals surface area contributed by atoms with Gasteiger partial charge in [-0.15, -0.1) is 0 Å². The van der Waals surface area contributed by atoms with Crippen LogP contribution in [0.1, 0.15) is 12.0 Å². The summed E-state index contributed by atoms with van der Waals surface area (Å²) in [7, 11) is -4.16. The molecule has 1 aromatic carbocycles. The normalized spacial score (nSPS) is 17.5. The summed E-state index contributed by atoms with van der Waals surface area (Å²) in [5.74, 6) is -1.31. The molecule has 0 bridgehead atoms. The molecule has 2 amide bonds. The van der Waals surface area contributed by atoms with Gasteiger partial charge in [0.15, 0.2) is 0 Å². The summed E-state index contributed by atoms with van der Waals surface area (Å²) in [5, 5.41) is 11.5. The molecule has 0 saturated carbocycles. The molecule has 0 fully saturated rings. The lowest BCUT2D eigenvalue weighted by Crippen LogP contribution is -2.42. The highest BCUT2D eigenvalue weighted by molar-refractivity contribution is 7.93. The maximum Gasteiger partial charge on any atom is 0.326 e. The number of hydrogen-bond donors (Lipinski definition) is 2. The number of urea groups is 1. The van der Waals surface area contributed by atoms with E-state index in [0.717, 1.165) is 9.87 Å². The van der Waals surface area contributed by atoms with Crippen molar-refractivity contribution < 1.29 is 23.1 Å². The van der Waals surface area contributed by atoms with Crippen LogP contribution in [0.5, 0.6) is 0 Å². The van der Waals surface area contributed by atoms with Gasteiger partial charge in [-0.05, 0) is 54.5 Å². The average Bonchev–Trinajstić information content (AvgIpc) is 3.20. The summed E-state index contributed by atoms with van der Waals surface area (Å²) in [5.41, 5.74) is 2.13. The number of halogens is 2. The molecule has 0 radical (unpaired) electrons. The number of allylic oxidation sites excluding steroid dienone is 3. The number of carboxylic acids is 1. The van der Waals surface area contributed by atoms with Gasteiger partial charge < -0.3 is 10.4 Å². The van der Waals surface area contributed by atoms with Crippen LogP contribution in [0.3, 0.4) is 0 Å². The third-order valence-electron chi connectivity index (χ3n) is 5.43. The number of nitrogens with one attached hydrogen (secondary N) is 1. The van der Waals surface area contributed by atoms with E-state index in [1.54, 1.807) is 41.6 Å². The summed E-state index contributed by atoms with van der Waals surface area (Å²) in [6.45, 7) is -0.376. The molecule has 1 aliphatic carbocycles. The molecule has 12 heteroatoms. The Morgan fingerprint density at radius 3 is 2.62 bits per heavy atom. The van der Waals surface area contributed by atoms with Crippen LogP contribution in [0.2, 0.25) is 0 Å². The third kappa shape index (κ3) is 5.03. The number of hydrogen-bond acceptors (Lipinski definition) is 5. The molecule has 1 aliphatic heterocycles. The lowest BCUT2D eigenvalue weighted by Gasteiger charge is -2.28. The van der Waals surface area contributed by atoms with Crippen molar-refractivity contribution in [1.29, 1.82) is 0 Å². The van der Waals surface area contributed by atoms with Crippen molar-refractivity contribution in [3.8, 4) is 0 Å². The maximum atomic E-state index is 13.4. The number of pyridine rings is 1. The number of rotatable bonds is 6. The second-order valence-electron chi connectivity index (χ2n) is 7.71. The van der Waals surface area contributed by atoms with Crippen molar-refractivity contribution in [1.82, 2.24) is 4.98 Å². The number of anilines is 3. The molecule has 0 spiro atoms. The van der Waals surface area contributed by atoms with Gasteiger partial charge in [-0.3, -0.25) is 19.0 Å². The first-order chi connectivity index (χ1) is 16.1. The molecule has 0 saturated heterocycles. The Morgan fingerprint density at radius 1 is 1.21 bits per heavy atom. The van der Waals surface area contributed by atoms with Gasteiger partial charge in [0.05, 0.1) is 5.69 Å². The van der Waals surface area contributed by atoms with Gasteiger partial charge in [0.1, 0.15) is 11.8 Å². The highest BCUT2D eigenvalue weighted by Gasteiger charge is 2.35. The quantitative estimate of drug-likeness (QED) is 0.593. The molecule has 1 unspecified atom stereocenters. The van der Waals surface area contributed by atoms with E-state index in [2.05, 4.69) is 10.3 Å². The van der Waals surface area contributed by atoms with Crippen LogP contribution in [0.15, 0.2) is 64.9 Å². The number of fused-ring (bicyclic) bond motifs is 1. The average molecular weight is 523 g/mol. The fourth-order valence-electron chi connectivity index (χ4n) is 3.87. The second-order valence-corrected chi connectivity index (χ2v) is 10.7. The third-order valence-corrected chi connectivity index (χ3v) is 7.95. The van der Waals surface area contributed by atoms with Crippen LogP contribution < -0.4 is 14.5 Å². The van der Waals surface area contributed by atoms with Crippen molar-refractivity contribution in [2.75, 3.05) is 27.6 Å². The molecule has 9 nitrogen and oxygen atoms in total. The van der Waals surface area contributed by atoms with E-state index in [1.165, 1.54) is 18.2 Å². The SMILES string of the molecule is O=C(O)CN(c1ccc2c(c1)CCN2C(=O)Nc1ccncc1)S(=O)(=O)C1C=C(Cl)C=C(Cl)C1. The molecule has 1 atom stereocenters.